The van der Waals surface area contributed by atoms with Crippen LogP contribution in [0.15, 0.2) is 0 Å². The summed E-state index contributed by atoms with van der Waals surface area (Å²) in [4.78, 5) is 14.8. The Morgan fingerprint density at radius 3 is 2.59 bits per heavy atom. The number of nitrogens with one attached hydrogen (secondary N) is 1. The first-order valence-electron chi connectivity index (χ1n) is 7.36. The second kappa shape index (κ2) is 6.71. The number of hydrogen-bond acceptors (Lipinski definition) is 5. The Kier molecular flexibility index (Phi) is 5.33. The Morgan fingerprint density at radius 2 is 2.05 bits per heavy atom. The molecule has 2 heterocycles. The predicted molar refractivity (Wildman–Crippen MR) is 82.8 cm³/mol. The lowest BCUT2D eigenvalue weighted by molar-refractivity contribution is 0.199. The summed E-state index contributed by atoms with van der Waals surface area (Å²) in [5, 5.41) is 0. The van der Waals surface area contributed by atoms with E-state index < -0.39 is 19.9 Å². The third-order valence-corrected chi connectivity index (χ3v) is 7.38. The van der Waals surface area contributed by atoms with E-state index in [0.29, 0.717) is 32.5 Å². The molecular formula is C12H23N3O5S2. The zero-order valence-electron chi connectivity index (χ0n) is 12.7. The molecule has 1 N–H and O–H groups in total. The quantitative estimate of drug-likeness (QED) is 0.639. The van der Waals surface area contributed by atoms with Crippen LogP contribution in [0.2, 0.25) is 0 Å². The molecule has 0 bridgehead atoms. The number of sulfonamides is 1. The van der Waals surface area contributed by atoms with E-state index in [2.05, 4.69) is 4.72 Å². The number of hydrogen-bond donors (Lipinski definition) is 1. The van der Waals surface area contributed by atoms with Gasteiger partial charge in [0.15, 0.2) is 9.84 Å². The van der Waals surface area contributed by atoms with Gasteiger partial charge in [-0.15, -0.1) is 0 Å². The van der Waals surface area contributed by atoms with Gasteiger partial charge in [-0.2, -0.15) is 0 Å². The highest BCUT2D eigenvalue weighted by Gasteiger charge is 2.29. The van der Waals surface area contributed by atoms with Crippen LogP contribution in [0.4, 0.5) is 4.79 Å². The van der Waals surface area contributed by atoms with Gasteiger partial charge in [-0.05, 0) is 18.8 Å². The Balaban J connectivity index is 1.69. The molecule has 0 aromatic heterocycles. The van der Waals surface area contributed by atoms with Gasteiger partial charge in [0.25, 0.3) is 0 Å². The highest BCUT2D eigenvalue weighted by molar-refractivity contribution is 7.91. The van der Waals surface area contributed by atoms with Crippen molar-refractivity contribution in [2.24, 2.45) is 5.92 Å². The largest absolute Gasteiger partial charge is 0.326 e. The average molecular weight is 353 g/mol. The normalized spacial score (nSPS) is 25.1. The van der Waals surface area contributed by atoms with Crippen LogP contribution in [0.5, 0.6) is 0 Å². The van der Waals surface area contributed by atoms with Crippen LogP contribution >= 0.6 is 0 Å². The third-order valence-electron chi connectivity index (χ3n) is 4.13. The van der Waals surface area contributed by atoms with Crippen LogP contribution in [0.25, 0.3) is 0 Å². The van der Waals surface area contributed by atoms with Crippen molar-refractivity contribution in [3.05, 3.63) is 0 Å². The molecule has 0 radical (unpaired) electrons. The lowest BCUT2D eigenvalue weighted by atomic mass is 10.1. The van der Waals surface area contributed by atoms with Crippen LogP contribution in [-0.2, 0) is 19.9 Å². The minimum atomic E-state index is -3.43. The molecule has 8 nitrogen and oxygen atoms in total. The fraction of sp³-hybridized carbons (Fsp3) is 0.917. The second-order valence-corrected chi connectivity index (χ2v) is 10.1. The topological polar surface area (TPSA) is 104 Å². The molecule has 0 aromatic rings. The molecule has 0 spiro atoms. The summed E-state index contributed by atoms with van der Waals surface area (Å²) in [7, 11) is -4.68. The summed E-state index contributed by atoms with van der Waals surface area (Å²) in [6, 6.07) is -0.0876. The van der Waals surface area contributed by atoms with Crippen molar-refractivity contribution < 1.29 is 21.6 Å². The van der Waals surface area contributed by atoms with Gasteiger partial charge in [-0.25, -0.2) is 26.4 Å². The molecule has 22 heavy (non-hydrogen) atoms. The first-order valence-corrected chi connectivity index (χ1v) is 10.8. The van der Waals surface area contributed by atoms with E-state index in [1.807, 2.05) is 0 Å². The SMILES string of the molecule is CN1CCN(CCNS(=O)(=O)CCC2CCS(=O)(=O)C2)C1=O. The molecule has 1 atom stereocenters. The number of carbonyl (C=O) groups excluding carboxylic acids is 1. The zero-order chi connectivity index (χ0) is 16.4. The van der Waals surface area contributed by atoms with Gasteiger partial charge in [0.2, 0.25) is 10.0 Å². The third kappa shape index (κ3) is 4.82. The Labute approximate surface area is 131 Å². The summed E-state index contributed by atoms with van der Waals surface area (Å²) < 4.78 is 48.9. The summed E-state index contributed by atoms with van der Waals surface area (Å²) >= 11 is 0. The molecule has 0 aromatic carbocycles. The van der Waals surface area contributed by atoms with Crippen molar-refractivity contribution in [3.63, 3.8) is 0 Å². The van der Waals surface area contributed by atoms with E-state index in [9.17, 15) is 21.6 Å². The van der Waals surface area contributed by atoms with Gasteiger partial charge in [0.05, 0.1) is 17.3 Å². The van der Waals surface area contributed by atoms with Gasteiger partial charge < -0.3 is 9.80 Å². The molecule has 1 unspecified atom stereocenters. The minimum absolute atomic E-state index is 0.0598. The number of likely N-dealkylation sites (N-methyl/N-ethyl adjacent to an activating group) is 1. The van der Waals surface area contributed by atoms with Gasteiger partial charge in [-0.1, -0.05) is 0 Å². The molecule has 0 aliphatic carbocycles. The molecule has 2 rings (SSSR count). The molecule has 128 valence electrons. The highest BCUT2D eigenvalue weighted by Crippen LogP contribution is 2.21. The number of carbonyl (C=O) groups is 1. The molecule has 10 heteroatoms. The van der Waals surface area contributed by atoms with E-state index in [0.717, 1.165) is 0 Å². The van der Waals surface area contributed by atoms with Crippen molar-refractivity contribution in [2.75, 3.05) is 50.5 Å². The summed E-state index contributed by atoms with van der Waals surface area (Å²) in [5.74, 6) is 0.129. The van der Waals surface area contributed by atoms with Crippen molar-refractivity contribution in [2.45, 2.75) is 12.8 Å². The Bertz CT molecular complexity index is 617. The molecule has 0 saturated carbocycles. The van der Waals surface area contributed by atoms with E-state index in [-0.39, 0.29) is 35.8 Å². The molecular weight excluding hydrogens is 330 g/mol. The van der Waals surface area contributed by atoms with Crippen LogP contribution in [0.3, 0.4) is 0 Å². The molecule has 2 aliphatic rings. The van der Waals surface area contributed by atoms with Gasteiger partial charge in [-0.3, -0.25) is 0 Å². The lowest BCUT2D eigenvalue weighted by Gasteiger charge is -2.16. The van der Waals surface area contributed by atoms with E-state index in [4.69, 9.17) is 0 Å². The first-order chi connectivity index (χ1) is 10.2. The van der Waals surface area contributed by atoms with E-state index in [1.54, 1.807) is 16.8 Å². The highest BCUT2D eigenvalue weighted by atomic mass is 32.2. The number of amides is 2. The summed E-state index contributed by atoms with van der Waals surface area (Å²) in [5.41, 5.74) is 0. The summed E-state index contributed by atoms with van der Waals surface area (Å²) in [6.45, 7) is 1.80. The van der Waals surface area contributed by atoms with Crippen LogP contribution in [-0.4, -0.2) is 83.2 Å². The maximum absolute atomic E-state index is 11.9. The zero-order valence-corrected chi connectivity index (χ0v) is 14.3. The molecule has 2 aliphatic heterocycles. The maximum atomic E-state index is 11.9. The summed E-state index contributed by atoms with van der Waals surface area (Å²) in [6.07, 6.45) is 0.909. The van der Waals surface area contributed by atoms with Crippen LogP contribution < -0.4 is 4.72 Å². The number of rotatable bonds is 7. The lowest BCUT2D eigenvalue weighted by Crippen LogP contribution is -2.38. The Morgan fingerprint density at radius 1 is 1.32 bits per heavy atom. The van der Waals surface area contributed by atoms with Gasteiger partial charge in [0, 0.05) is 33.2 Å². The van der Waals surface area contributed by atoms with Gasteiger partial charge >= 0.3 is 6.03 Å². The fourth-order valence-corrected chi connectivity index (χ4v) is 5.84. The standard InChI is InChI=1S/C12H23N3O5S2/c1-14-6-7-15(12(14)16)5-4-13-22(19,20)9-3-11-2-8-21(17,18)10-11/h11,13H,2-10H2,1H3. The average Bonchev–Trinajstić information content (AvgIpc) is 2.93. The Hall–Kier alpha value is -0.870. The van der Waals surface area contributed by atoms with Gasteiger partial charge in [0.1, 0.15) is 0 Å². The smallest absolute Gasteiger partial charge is 0.319 e. The molecule has 2 saturated heterocycles. The molecule has 2 fully saturated rings. The van der Waals surface area contributed by atoms with Crippen LogP contribution in [0, 0.1) is 5.92 Å². The predicted octanol–water partition coefficient (Wildman–Crippen LogP) is -0.902. The van der Waals surface area contributed by atoms with Crippen molar-refractivity contribution in [1.29, 1.82) is 0 Å². The van der Waals surface area contributed by atoms with Crippen LogP contribution in [0.1, 0.15) is 12.8 Å². The maximum Gasteiger partial charge on any atom is 0.319 e. The van der Waals surface area contributed by atoms with Crippen molar-refractivity contribution >= 4 is 25.9 Å². The first kappa shape index (κ1) is 17.5. The van der Waals surface area contributed by atoms with E-state index in [1.165, 1.54) is 0 Å². The minimum Gasteiger partial charge on any atom is -0.326 e. The second-order valence-electron chi connectivity index (χ2n) is 5.96. The number of sulfone groups is 1. The fourth-order valence-electron chi connectivity index (χ4n) is 2.74. The van der Waals surface area contributed by atoms with E-state index >= 15 is 0 Å². The van der Waals surface area contributed by atoms with Crippen molar-refractivity contribution in [3.8, 4) is 0 Å². The number of urea groups is 1. The van der Waals surface area contributed by atoms with Crippen molar-refractivity contribution in [1.82, 2.24) is 14.5 Å². The monoisotopic (exact) mass is 353 g/mol. The number of nitrogens with zero attached hydrogens (tertiary/aromatic N) is 2. The molecule has 2 amide bonds.